The van der Waals surface area contributed by atoms with Crippen LogP contribution >= 0.6 is 0 Å². The maximum Gasteiger partial charge on any atom is 0.397 e. The van der Waals surface area contributed by atoms with Gasteiger partial charge >= 0.3 is 10.4 Å². The molecular formula is C10H18O4S. The largest absolute Gasteiger partial charge is 0.397 e. The highest BCUT2D eigenvalue weighted by atomic mass is 32.3. The third-order valence-corrected chi connectivity index (χ3v) is 2.17. The molecule has 0 atom stereocenters. The van der Waals surface area contributed by atoms with Gasteiger partial charge < -0.3 is 0 Å². The first kappa shape index (κ1) is 14.3. The van der Waals surface area contributed by atoms with Crippen LogP contribution in [0.2, 0.25) is 0 Å². The molecule has 0 aliphatic heterocycles. The molecule has 0 amide bonds. The molecule has 0 aromatic rings. The molecule has 0 spiro atoms. The van der Waals surface area contributed by atoms with Crippen LogP contribution < -0.4 is 0 Å². The fraction of sp³-hybridized carbons (Fsp3) is 0.600. The van der Waals surface area contributed by atoms with E-state index in [4.69, 9.17) is 4.55 Å². The van der Waals surface area contributed by atoms with E-state index < -0.39 is 10.4 Å². The van der Waals surface area contributed by atoms with Gasteiger partial charge in [-0.3, -0.25) is 4.55 Å². The number of hydrogen-bond donors (Lipinski definition) is 1. The van der Waals surface area contributed by atoms with Gasteiger partial charge in [-0.25, -0.2) is 4.18 Å². The third kappa shape index (κ3) is 11.3. The van der Waals surface area contributed by atoms with Crippen molar-refractivity contribution in [2.24, 2.45) is 0 Å². The maximum atomic E-state index is 10.2. The van der Waals surface area contributed by atoms with Crippen molar-refractivity contribution in [1.29, 1.82) is 0 Å². The van der Waals surface area contributed by atoms with Crippen molar-refractivity contribution in [1.82, 2.24) is 0 Å². The lowest BCUT2D eigenvalue weighted by Crippen LogP contribution is -2.03. The summed E-state index contributed by atoms with van der Waals surface area (Å²) in [6.07, 6.45) is 5.55. The Hall–Kier alpha value is -0.650. The number of rotatable bonds is 6. The molecule has 0 aromatic carbocycles. The fourth-order valence-electron chi connectivity index (χ4n) is 0.953. The van der Waals surface area contributed by atoms with Gasteiger partial charge in [0.2, 0.25) is 0 Å². The molecule has 0 aromatic heterocycles. The van der Waals surface area contributed by atoms with Crippen molar-refractivity contribution in [3.8, 4) is 0 Å². The van der Waals surface area contributed by atoms with Gasteiger partial charge in [0, 0.05) is 0 Å². The Balaban J connectivity index is 3.85. The molecule has 0 unspecified atom stereocenters. The molecule has 1 N–H and O–H groups in total. The second-order valence-electron chi connectivity index (χ2n) is 3.58. The normalized spacial score (nSPS) is 12.7. The summed E-state index contributed by atoms with van der Waals surface area (Å²) in [5, 5.41) is 0. The second kappa shape index (κ2) is 6.76. The van der Waals surface area contributed by atoms with Gasteiger partial charge in [0.25, 0.3) is 0 Å². The van der Waals surface area contributed by atoms with Crippen LogP contribution in [0.3, 0.4) is 0 Å². The minimum absolute atomic E-state index is 0.112. The molecule has 0 fully saturated rings. The molecule has 88 valence electrons. The summed E-state index contributed by atoms with van der Waals surface area (Å²) in [4.78, 5) is 0. The van der Waals surface area contributed by atoms with Gasteiger partial charge in [0.15, 0.2) is 0 Å². The third-order valence-electron chi connectivity index (χ3n) is 1.74. The zero-order valence-corrected chi connectivity index (χ0v) is 10.2. The summed E-state index contributed by atoms with van der Waals surface area (Å²) < 4.78 is 32.9. The number of hydrogen-bond acceptors (Lipinski definition) is 3. The van der Waals surface area contributed by atoms with Gasteiger partial charge in [-0.15, -0.1) is 0 Å². The first-order chi connectivity index (χ1) is 6.81. The average molecular weight is 234 g/mol. The van der Waals surface area contributed by atoms with E-state index in [-0.39, 0.29) is 6.61 Å². The molecule has 5 heteroatoms. The Morgan fingerprint density at radius 1 is 1.27 bits per heavy atom. The van der Waals surface area contributed by atoms with Gasteiger partial charge in [0.1, 0.15) is 0 Å². The van der Waals surface area contributed by atoms with Crippen molar-refractivity contribution in [2.75, 3.05) is 6.61 Å². The minimum Gasteiger partial charge on any atom is -0.264 e. The van der Waals surface area contributed by atoms with Crippen LogP contribution in [0.1, 0.15) is 33.6 Å². The maximum absolute atomic E-state index is 10.2. The first-order valence-electron chi connectivity index (χ1n) is 4.72. The van der Waals surface area contributed by atoms with E-state index in [0.29, 0.717) is 0 Å². The van der Waals surface area contributed by atoms with Crippen molar-refractivity contribution in [3.63, 3.8) is 0 Å². The second-order valence-corrected chi connectivity index (χ2v) is 4.67. The first-order valence-corrected chi connectivity index (χ1v) is 6.08. The van der Waals surface area contributed by atoms with Crippen LogP contribution in [0.25, 0.3) is 0 Å². The monoisotopic (exact) mass is 234 g/mol. The molecule has 0 bridgehead atoms. The van der Waals surface area contributed by atoms with Gasteiger partial charge in [-0.05, 0) is 33.6 Å². The quantitative estimate of drug-likeness (QED) is 0.566. The fourth-order valence-corrected chi connectivity index (χ4v) is 1.19. The number of allylic oxidation sites excluding steroid dienone is 3. The lowest BCUT2D eigenvalue weighted by molar-refractivity contribution is 0.296. The summed E-state index contributed by atoms with van der Waals surface area (Å²) in [5.41, 5.74) is 2.30. The van der Waals surface area contributed by atoms with Crippen LogP contribution in [-0.4, -0.2) is 19.6 Å². The smallest absolute Gasteiger partial charge is 0.264 e. The van der Waals surface area contributed by atoms with E-state index in [1.165, 1.54) is 5.57 Å². The van der Waals surface area contributed by atoms with Crippen LogP contribution in [0.4, 0.5) is 0 Å². The van der Waals surface area contributed by atoms with Crippen LogP contribution in [0.15, 0.2) is 23.3 Å². The zero-order chi connectivity index (χ0) is 11.9. The van der Waals surface area contributed by atoms with Crippen LogP contribution in [-0.2, 0) is 14.6 Å². The standard InChI is InChI=1S/C10H18O4S/c1-9(2)5-4-6-10(3)7-8-14-15(11,12)13/h5,7H,4,6,8H2,1-3H3,(H,11,12,13)/b10-7+. The topological polar surface area (TPSA) is 63.6 Å². The molecule has 0 rings (SSSR count). The molecule has 0 saturated carbocycles. The van der Waals surface area contributed by atoms with Crippen LogP contribution in [0.5, 0.6) is 0 Å². The predicted molar refractivity (Wildman–Crippen MR) is 59.9 cm³/mol. The van der Waals surface area contributed by atoms with E-state index in [1.807, 2.05) is 20.8 Å². The van der Waals surface area contributed by atoms with Crippen molar-refractivity contribution in [2.45, 2.75) is 33.6 Å². The summed E-state index contributed by atoms with van der Waals surface area (Å²) in [5.74, 6) is 0. The molecule has 0 radical (unpaired) electrons. The highest BCUT2D eigenvalue weighted by molar-refractivity contribution is 7.80. The van der Waals surface area contributed by atoms with Gasteiger partial charge in [-0.2, -0.15) is 8.42 Å². The Kier molecular flexibility index (Phi) is 6.47. The lowest BCUT2D eigenvalue weighted by Gasteiger charge is -1.99. The van der Waals surface area contributed by atoms with Gasteiger partial charge in [0.05, 0.1) is 6.61 Å². The molecule has 0 heterocycles. The van der Waals surface area contributed by atoms with E-state index in [2.05, 4.69) is 10.3 Å². The summed E-state index contributed by atoms with van der Waals surface area (Å²) in [6.45, 7) is 5.84. The van der Waals surface area contributed by atoms with Crippen LogP contribution in [0, 0.1) is 0 Å². The predicted octanol–water partition coefficient (Wildman–Crippen LogP) is 2.50. The Morgan fingerprint density at radius 3 is 2.33 bits per heavy atom. The summed E-state index contributed by atoms with van der Waals surface area (Å²) >= 11 is 0. The molecular weight excluding hydrogens is 216 g/mol. The zero-order valence-electron chi connectivity index (χ0n) is 9.36. The SMILES string of the molecule is CC(C)=CCC/C(C)=C/COS(=O)(=O)O. The molecule has 0 aliphatic rings. The van der Waals surface area contributed by atoms with Crippen molar-refractivity contribution < 1.29 is 17.2 Å². The van der Waals surface area contributed by atoms with E-state index in [1.54, 1.807) is 6.08 Å². The molecule has 15 heavy (non-hydrogen) atoms. The van der Waals surface area contributed by atoms with Gasteiger partial charge in [-0.1, -0.05) is 23.3 Å². The Morgan fingerprint density at radius 2 is 1.87 bits per heavy atom. The lowest BCUT2D eigenvalue weighted by atomic mass is 10.1. The van der Waals surface area contributed by atoms with Crippen molar-refractivity contribution in [3.05, 3.63) is 23.3 Å². The highest BCUT2D eigenvalue weighted by Gasteiger charge is 2.01. The Labute approximate surface area is 91.6 Å². The van der Waals surface area contributed by atoms with E-state index >= 15 is 0 Å². The molecule has 0 aliphatic carbocycles. The Bertz CT molecular complexity index is 334. The average Bonchev–Trinajstić information content (AvgIpc) is 2.00. The minimum atomic E-state index is -4.31. The molecule has 4 nitrogen and oxygen atoms in total. The van der Waals surface area contributed by atoms with E-state index in [0.717, 1.165) is 18.4 Å². The summed E-state index contributed by atoms with van der Waals surface area (Å²) in [7, 11) is -4.31. The summed E-state index contributed by atoms with van der Waals surface area (Å²) in [6, 6.07) is 0. The highest BCUT2D eigenvalue weighted by Crippen LogP contribution is 2.06. The van der Waals surface area contributed by atoms with Crippen molar-refractivity contribution >= 4 is 10.4 Å². The van der Waals surface area contributed by atoms with E-state index in [9.17, 15) is 8.42 Å². The molecule has 0 saturated heterocycles.